The van der Waals surface area contributed by atoms with E-state index < -0.39 is 22.3 Å². The van der Waals surface area contributed by atoms with Crippen molar-refractivity contribution in [3.05, 3.63) is 83.9 Å². The molecule has 1 aliphatic rings. The lowest BCUT2D eigenvalue weighted by Gasteiger charge is -2.29. The molecule has 0 spiro atoms. The number of nitrogens with two attached hydrogens (primary N) is 2. The lowest BCUT2D eigenvalue weighted by Crippen LogP contribution is -2.41. The molecule has 0 radical (unpaired) electrons. The van der Waals surface area contributed by atoms with Gasteiger partial charge in [-0.25, -0.2) is 23.1 Å². The van der Waals surface area contributed by atoms with Crippen LogP contribution in [0.15, 0.2) is 82.7 Å². The molecule has 11 nitrogen and oxygen atoms in total. The highest BCUT2D eigenvalue weighted by molar-refractivity contribution is 7.89. The molecule has 1 atom stereocenters. The van der Waals surface area contributed by atoms with Crippen LogP contribution in [0.3, 0.4) is 0 Å². The lowest BCUT2D eigenvalue weighted by molar-refractivity contribution is 0.00940. The molecule has 0 saturated heterocycles. The molecule has 4 rings (SSSR count). The zero-order valence-electron chi connectivity index (χ0n) is 26.0. The summed E-state index contributed by atoms with van der Waals surface area (Å²) in [6, 6.07) is 20.6. The fourth-order valence-electron chi connectivity index (χ4n) is 5.64. The highest BCUT2D eigenvalue weighted by Crippen LogP contribution is 2.29. The van der Waals surface area contributed by atoms with Gasteiger partial charge in [0.25, 0.3) is 0 Å². The molecule has 12 heteroatoms. The first-order valence-electron chi connectivity index (χ1n) is 15.2. The van der Waals surface area contributed by atoms with E-state index in [0.717, 1.165) is 44.3 Å². The first-order valence-corrected chi connectivity index (χ1v) is 16.7. The Morgan fingerprint density at radius 1 is 1.00 bits per heavy atom. The maximum atomic E-state index is 13.6. The summed E-state index contributed by atoms with van der Waals surface area (Å²) in [5.41, 5.74) is 9.30. The molecule has 45 heavy (non-hydrogen) atoms. The Hall–Kier alpha value is -4.26. The van der Waals surface area contributed by atoms with Crippen molar-refractivity contribution in [1.29, 1.82) is 0 Å². The quantitative estimate of drug-likeness (QED) is 0.142. The molecule has 5 N–H and O–H groups in total. The fraction of sp³-hybridized carbons (Fsp3) is 0.364. The third kappa shape index (κ3) is 8.90. The first kappa shape index (κ1) is 33.6. The van der Waals surface area contributed by atoms with E-state index in [1.807, 2.05) is 41.8 Å². The molecule has 1 unspecified atom stereocenters. The number of amides is 3. The number of sulfonamides is 1. The first-order chi connectivity index (χ1) is 21.5. The minimum atomic E-state index is -3.90. The third-order valence-electron chi connectivity index (χ3n) is 8.05. The van der Waals surface area contributed by atoms with Gasteiger partial charge in [0.1, 0.15) is 5.84 Å². The van der Waals surface area contributed by atoms with E-state index in [-0.39, 0.29) is 22.8 Å². The Morgan fingerprint density at radius 3 is 2.31 bits per heavy atom. The summed E-state index contributed by atoms with van der Waals surface area (Å²) >= 11 is 0. The van der Waals surface area contributed by atoms with Crippen molar-refractivity contribution in [1.82, 2.24) is 9.80 Å². The molecule has 0 aliphatic heterocycles. The number of urea groups is 1. The van der Waals surface area contributed by atoms with Gasteiger partial charge in [0.2, 0.25) is 10.0 Å². The number of ether oxygens (including phenoxy) is 1. The average molecular weight is 635 g/mol. The average Bonchev–Trinajstić information content (AvgIpc) is 3.55. The number of nitrogens with one attached hydrogen (secondary N) is 1. The van der Waals surface area contributed by atoms with Crippen molar-refractivity contribution < 1.29 is 22.7 Å². The summed E-state index contributed by atoms with van der Waals surface area (Å²) in [6.45, 7) is 7.57. The van der Waals surface area contributed by atoms with Gasteiger partial charge in [-0.1, -0.05) is 75.2 Å². The highest BCUT2D eigenvalue weighted by Gasteiger charge is 2.27. The molecule has 1 saturated carbocycles. The second-order valence-corrected chi connectivity index (χ2v) is 12.5. The van der Waals surface area contributed by atoms with Gasteiger partial charge in [-0.3, -0.25) is 4.90 Å². The van der Waals surface area contributed by atoms with Gasteiger partial charge < -0.3 is 20.7 Å². The van der Waals surface area contributed by atoms with E-state index >= 15 is 0 Å². The summed E-state index contributed by atoms with van der Waals surface area (Å²) in [5, 5.41) is 8.40. The smallest absolute Gasteiger partial charge is 0.429 e. The molecule has 1 aliphatic carbocycles. The van der Waals surface area contributed by atoms with Gasteiger partial charge in [0, 0.05) is 29.4 Å². The van der Waals surface area contributed by atoms with Crippen LogP contribution in [0.4, 0.5) is 15.3 Å². The second-order valence-electron chi connectivity index (χ2n) is 11.0. The Kier molecular flexibility index (Phi) is 11.3. The van der Waals surface area contributed by atoms with Crippen molar-refractivity contribution >= 4 is 33.7 Å². The van der Waals surface area contributed by atoms with Crippen molar-refractivity contribution in [3.8, 4) is 11.1 Å². The van der Waals surface area contributed by atoms with Crippen molar-refractivity contribution in [3.63, 3.8) is 0 Å². The molecule has 1 fully saturated rings. The molecule has 0 aromatic heterocycles. The molecule has 3 amide bonds. The van der Waals surface area contributed by atoms with Gasteiger partial charge in [-0.15, -0.1) is 0 Å². The molecule has 0 heterocycles. The topological polar surface area (TPSA) is 160 Å². The predicted molar refractivity (Wildman–Crippen MR) is 176 cm³/mol. The van der Waals surface area contributed by atoms with Crippen molar-refractivity contribution in [2.75, 3.05) is 18.4 Å². The minimum absolute atomic E-state index is 0.0354. The number of anilines is 1. The zero-order valence-corrected chi connectivity index (χ0v) is 26.8. The number of carbonyl (C=O) groups excluding carboxylic acids is 2. The molecule has 0 bridgehead atoms. The predicted octanol–water partition coefficient (Wildman–Crippen LogP) is 5.51. The summed E-state index contributed by atoms with van der Waals surface area (Å²) in [7, 11) is -3.90. The number of aliphatic imine (C=N–C) groups is 1. The lowest BCUT2D eigenvalue weighted by atomic mass is 10.1. The van der Waals surface area contributed by atoms with E-state index in [0.29, 0.717) is 28.9 Å². The Balaban J connectivity index is 1.48. The monoisotopic (exact) mass is 634 g/mol. The van der Waals surface area contributed by atoms with Crippen LogP contribution in [-0.2, 0) is 21.3 Å². The summed E-state index contributed by atoms with van der Waals surface area (Å²) < 4.78 is 29.5. The van der Waals surface area contributed by atoms with Crippen LogP contribution >= 0.6 is 0 Å². The van der Waals surface area contributed by atoms with Crippen molar-refractivity contribution in [2.45, 2.75) is 70.2 Å². The van der Waals surface area contributed by atoms with Crippen LogP contribution in [0.25, 0.3) is 11.1 Å². The summed E-state index contributed by atoms with van der Waals surface area (Å²) in [6.07, 6.45) is 2.69. The second kappa shape index (κ2) is 15.2. The van der Waals surface area contributed by atoms with Crippen LogP contribution in [0.2, 0.25) is 0 Å². The SMILES string of the molecule is CCN(CC)C(C)OC(=O)N=C(N)c1cccc(CN(C(=O)Nc2ccc(-c3ccccc3S(N)(=O)=O)cc2)C2CCCC2)c1. The van der Waals surface area contributed by atoms with E-state index in [1.165, 1.54) is 6.07 Å². The van der Waals surface area contributed by atoms with E-state index in [4.69, 9.17) is 15.6 Å². The Bertz CT molecular complexity index is 1620. The van der Waals surface area contributed by atoms with Gasteiger partial charge in [-0.2, -0.15) is 4.99 Å². The number of hydrogen-bond donors (Lipinski definition) is 3. The minimum Gasteiger partial charge on any atom is -0.429 e. The maximum Gasteiger partial charge on any atom is 0.437 e. The van der Waals surface area contributed by atoms with Gasteiger partial charge in [0.15, 0.2) is 6.23 Å². The molecule has 240 valence electrons. The standard InChI is InChI=1S/C33H42N6O5S/c1-4-38(5-2)23(3)44-33(41)37-31(34)26-12-10-11-24(21-26)22-39(28-13-6-7-14-28)32(40)36-27-19-17-25(18-20-27)29-15-8-9-16-30(29)45(35,42)43/h8-12,15-21,23,28H,4-7,13-14,22H2,1-3H3,(H,36,40)(H2,34,37,41)(H2,35,42,43). The Labute approximate surface area is 265 Å². The molecular formula is C33H42N6O5S. The zero-order chi connectivity index (χ0) is 32.6. The van der Waals surface area contributed by atoms with Gasteiger partial charge >= 0.3 is 12.1 Å². The molecule has 3 aromatic rings. The number of nitrogens with zero attached hydrogens (tertiary/aromatic N) is 3. The number of primary sulfonamides is 1. The van der Waals surface area contributed by atoms with Crippen LogP contribution < -0.4 is 16.2 Å². The van der Waals surface area contributed by atoms with E-state index in [9.17, 15) is 18.0 Å². The molecule has 3 aromatic carbocycles. The maximum absolute atomic E-state index is 13.6. The van der Waals surface area contributed by atoms with Crippen LogP contribution in [-0.4, -0.2) is 61.5 Å². The van der Waals surface area contributed by atoms with E-state index in [1.54, 1.807) is 55.5 Å². The number of benzene rings is 3. The summed E-state index contributed by atoms with van der Waals surface area (Å²) in [5.74, 6) is 0.0366. The summed E-state index contributed by atoms with van der Waals surface area (Å²) in [4.78, 5) is 33.8. The van der Waals surface area contributed by atoms with Crippen LogP contribution in [0.5, 0.6) is 0 Å². The number of hydrogen-bond acceptors (Lipinski definition) is 6. The molecular weight excluding hydrogens is 592 g/mol. The normalized spacial score (nSPS) is 14.7. The fourth-order valence-corrected chi connectivity index (χ4v) is 6.40. The van der Waals surface area contributed by atoms with Gasteiger partial charge in [-0.05, 0) is 68.2 Å². The highest BCUT2D eigenvalue weighted by atomic mass is 32.2. The van der Waals surface area contributed by atoms with Crippen LogP contribution in [0.1, 0.15) is 57.6 Å². The van der Waals surface area contributed by atoms with Crippen LogP contribution in [0, 0.1) is 0 Å². The Morgan fingerprint density at radius 2 is 1.67 bits per heavy atom. The largest absolute Gasteiger partial charge is 0.437 e. The van der Waals surface area contributed by atoms with Gasteiger partial charge in [0.05, 0.1) is 4.90 Å². The van der Waals surface area contributed by atoms with E-state index in [2.05, 4.69) is 10.3 Å². The number of amidine groups is 1. The number of rotatable bonds is 11. The number of carbonyl (C=O) groups is 2. The third-order valence-corrected chi connectivity index (χ3v) is 9.02. The van der Waals surface area contributed by atoms with Crippen molar-refractivity contribution in [2.24, 2.45) is 15.9 Å².